The topological polar surface area (TPSA) is 73.1 Å². The minimum atomic E-state index is -0.510. The van der Waals surface area contributed by atoms with Gasteiger partial charge in [0.1, 0.15) is 11.2 Å². The van der Waals surface area contributed by atoms with Gasteiger partial charge in [0.05, 0.1) is 11.2 Å². The van der Waals surface area contributed by atoms with Gasteiger partial charge in [-0.3, -0.25) is 14.2 Å². The molecule has 0 aliphatic heterocycles. The summed E-state index contributed by atoms with van der Waals surface area (Å²) < 4.78 is 2.93. The lowest BCUT2D eigenvalue weighted by Gasteiger charge is -2.12. The van der Waals surface area contributed by atoms with E-state index in [0.29, 0.717) is 22.4 Å². The van der Waals surface area contributed by atoms with Crippen LogP contribution in [0.5, 0.6) is 0 Å². The monoisotopic (exact) mass is 343 g/mol. The molecule has 3 aromatic rings. The lowest BCUT2D eigenvalue weighted by Crippen LogP contribution is -2.41. The molecule has 7 heteroatoms. The van der Waals surface area contributed by atoms with Crippen LogP contribution in [0.25, 0.3) is 15.9 Å². The number of aromatic nitrogens is 2. The Morgan fingerprint density at radius 3 is 2.62 bits per heavy atom. The van der Waals surface area contributed by atoms with Crippen LogP contribution in [0.2, 0.25) is 0 Å². The van der Waals surface area contributed by atoms with Gasteiger partial charge in [-0.2, -0.15) is 0 Å². The molecule has 1 amide bonds. The van der Waals surface area contributed by atoms with E-state index in [2.05, 4.69) is 5.32 Å². The zero-order valence-electron chi connectivity index (χ0n) is 13.2. The van der Waals surface area contributed by atoms with Gasteiger partial charge in [0, 0.05) is 6.54 Å². The van der Waals surface area contributed by atoms with Crippen molar-refractivity contribution in [3.8, 4) is 5.69 Å². The molecule has 3 rings (SSSR count). The summed E-state index contributed by atoms with van der Waals surface area (Å²) in [6.07, 6.45) is 0.817. The number of amides is 1. The number of carbonyl (C=O) groups excluding carboxylic acids is 1. The van der Waals surface area contributed by atoms with Gasteiger partial charge < -0.3 is 5.32 Å². The molecule has 0 radical (unpaired) electrons. The molecule has 124 valence electrons. The molecule has 0 fully saturated rings. The molecule has 0 saturated carbocycles. The van der Waals surface area contributed by atoms with E-state index >= 15 is 0 Å². The Morgan fingerprint density at radius 2 is 1.92 bits per heavy atom. The highest BCUT2D eigenvalue weighted by molar-refractivity contribution is 7.17. The number of carbonyl (C=O) groups is 1. The molecule has 0 atom stereocenters. The Kier molecular flexibility index (Phi) is 4.61. The fraction of sp³-hybridized carbons (Fsp3) is 0.235. The molecular formula is C17H17N3O3S. The van der Waals surface area contributed by atoms with Crippen molar-refractivity contribution >= 4 is 27.5 Å². The minimum absolute atomic E-state index is 0.112. The largest absolute Gasteiger partial charge is 0.355 e. The highest BCUT2D eigenvalue weighted by Gasteiger charge is 2.17. The summed E-state index contributed by atoms with van der Waals surface area (Å²) in [4.78, 5) is 37.6. The summed E-state index contributed by atoms with van der Waals surface area (Å²) in [6, 6.07) is 10.4. The highest BCUT2D eigenvalue weighted by atomic mass is 32.1. The van der Waals surface area contributed by atoms with Crippen molar-refractivity contribution in [1.82, 2.24) is 14.5 Å². The first kappa shape index (κ1) is 16.2. The first-order valence-corrected chi connectivity index (χ1v) is 8.56. The summed E-state index contributed by atoms with van der Waals surface area (Å²) in [5.74, 6) is -0.246. The SMILES string of the molecule is CCCNC(=O)Cn1c(=O)n(-c2ccccc2)c(=O)c2sccc21. The lowest BCUT2D eigenvalue weighted by molar-refractivity contribution is -0.121. The van der Waals surface area contributed by atoms with Crippen LogP contribution >= 0.6 is 11.3 Å². The summed E-state index contributed by atoms with van der Waals surface area (Å²) in [7, 11) is 0. The molecule has 24 heavy (non-hydrogen) atoms. The van der Waals surface area contributed by atoms with E-state index in [1.54, 1.807) is 35.7 Å². The van der Waals surface area contributed by atoms with Crippen molar-refractivity contribution in [2.45, 2.75) is 19.9 Å². The van der Waals surface area contributed by atoms with Crippen LogP contribution in [0.15, 0.2) is 51.4 Å². The second-order valence-corrected chi connectivity index (χ2v) is 6.25. The van der Waals surface area contributed by atoms with Gasteiger partial charge in [0.2, 0.25) is 5.91 Å². The molecule has 0 aliphatic carbocycles. The van der Waals surface area contributed by atoms with Crippen molar-refractivity contribution in [2.24, 2.45) is 0 Å². The lowest BCUT2D eigenvalue weighted by atomic mass is 10.3. The molecular weight excluding hydrogens is 326 g/mol. The molecule has 0 bridgehead atoms. The van der Waals surface area contributed by atoms with Crippen LogP contribution in [0.4, 0.5) is 0 Å². The Hall–Kier alpha value is -2.67. The van der Waals surface area contributed by atoms with Gasteiger partial charge in [-0.25, -0.2) is 9.36 Å². The first-order chi connectivity index (χ1) is 11.6. The predicted octanol–water partition coefficient (Wildman–Crippen LogP) is 1.74. The number of para-hydroxylation sites is 1. The number of fused-ring (bicyclic) bond motifs is 1. The van der Waals surface area contributed by atoms with Crippen LogP contribution in [0.1, 0.15) is 13.3 Å². The number of hydrogen-bond donors (Lipinski definition) is 1. The van der Waals surface area contributed by atoms with Crippen LogP contribution < -0.4 is 16.6 Å². The van der Waals surface area contributed by atoms with Crippen molar-refractivity contribution in [3.63, 3.8) is 0 Å². The number of thiophene rings is 1. The third-order valence-corrected chi connectivity index (χ3v) is 4.53. The maximum absolute atomic E-state index is 12.9. The van der Waals surface area contributed by atoms with E-state index in [1.165, 1.54) is 15.9 Å². The third-order valence-electron chi connectivity index (χ3n) is 3.64. The number of benzene rings is 1. The number of nitrogens with one attached hydrogen (secondary N) is 1. The summed E-state index contributed by atoms with van der Waals surface area (Å²) >= 11 is 1.27. The van der Waals surface area contributed by atoms with E-state index in [-0.39, 0.29) is 18.0 Å². The average molecular weight is 343 g/mol. The van der Waals surface area contributed by atoms with Crippen LogP contribution in [-0.4, -0.2) is 21.6 Å². The van der Waals surface area contributed by atoms with Gasteiger partial charge in [-0.05, 0) is 30.0 Å². The fourth-order valence-electron chi connectivity index (χ4n) is 2.51. The molecule has 2 aromatic heterocycles. The smallest absolute Gasteiger partial charge is 0.336 e. The Morgan fingerprint density at radius 1 is 1.17 bits per heavy atom. The maximum Gasteiger partial charge on any atom is 0.336 e. The van der Waals surface area contributed by atoms with E-state index in [4.69, 9.17) is 0 Å². The average Bonchev–Trinajstić information content (AvgIpc) is 3.08. The minimum Gasteiger partial charge on any atom is -0.355 e. The standard InChI is InChI=1S/C17H17N3O3S/c1-2-9-18-14(21)11-19-13-8-10-24-15(13)16(22)20(17(19)23)12-6-4-3-5-7-12/h3-8,10H,2,9,11H2,1H3,(H,18,21). The van der Waals surface area contributed by atoms with Crippen molar-refractivity contribution < 1.29 is 4.79 Å². The second kappa shape index (κ2) is 6.84. The number of rotatable bonds is 5. The molecule has 2 heterocycles. The fourth-order valence-corrected chi connectivity index (χ4v) is 3.33. The van der Waals surface area contributed by atoms with Gasteiger partial charge in [0.15, 0.2) is 0 Å². The first-order valence-electron chi connectivity index (χ1n) is 7.68. The van der Waals surface area contributed by atoms with Crippen molar-refractivity contribution in [1.29, 1.82) is 0 Å². The molecule has 0 spiro atoms. The molecule has 1 N–H and O–H groups in total. The third kappa shape index (κ3) is 2.90. The number of hydrogen-bond acceptors (Lipinski definition) is 4. The van der Waals surface area contributed by atoms with E-state index < -0.39 is 5.69 Å². The Balaban J connectivity index is 2.19. The van der Waals surface area contributed by atoms with Crippen LogP contribution in [0.3, 0.4) is 0 Å². The van der Waals surface area contributed by atoms with Gasteiger partial charge in [0.25, 0.3) is 5.56 Å². The molecule has 0 saturated heterocycles. The number of nitrogens with zero attached hydrogens (tertiary/aromatic N) is 2. The Labute approximate surface area is 142 Å². The Bertz CT molecular complexity index is 986. The van der Waals surface area contributed by atoms with Gasteiger partial charge in [-0.1, -0.05) is 25.1 Å². The van der Waals surface area contributed by atoms with Crippen molar-refractivity contribution in [2.75, 3.05) is 6.54 Å². The van der Waals surface area contributed by atoms with E-state index in [1.807, 2.05) is 13.0 Å². The quantitative estimate of drug-likeness (QED) is 0.767. The molecule has 6 nitrogen and oxygen atoms in total. The molecule has 1 aromatic carbocycles. The normalized spacial score (nSPS) is 10.9. The van der Waals surface area contributed by atoms with Crippen LogP contribution in [-0.2, 0) is 11.3 Å². The molecule has 0 unspecified atom stereocenters. The van der Waals surface area contributed by atoms with E-state index in [9.17, 15) is 14.4 Å². The zero-order valence-corrected chi connectivity index (χ0v) is 14.0. The predicted molar refractivity (Wildman–Crippen MR) is 95.0 cm³/mol. The van der Waals surface area contributed by atoms with Gasteiger partial charge in [-0.15, -0.1) is 11.3 Å². The zero-order chi connectivity index (χ0) is 17.1. The van der Waals surface area contributed by atoms with Crippen molar-refractivity contribution in [3.05, 3.63) is 62.6 Å². The van der Waals surface area contributed by atoms with Crippen LogP contribution in [0, 0.1) is 0 Å². The maximum atomic E-state index is 12.9. The summed E-state index contributed by atoms with van der Waals surface area (Å²) in [6.45, 7) is 2.40. The summed E-state index contributed by atoms with van der Waals surface area (Å²) in [5, 5.41) is 4.51. The highest BCUT2D eigenvalue weighted by Crippen LogP contribution is 2.16. The van der Waals surface area contributed by atoms with Gasteiger partial charge >= 0.3 is 5.69 Å². The van der Waals surface area contributed by atoms with E-state index in [0.717, 1.165) is 11.0 Å². The second-order valence-electron chi connectivity index (χ2n) is 5.33. The summed E-state index contributed by atoms with van der Waals surface area (Å²) in [5.41, 5.74) is 0.115. The molecule has 0 aliphatic rings.